The van der Waals surface area contributed by atoms with Crippen LogP contribution in [0.4, 0.5) is 5.69 Å². The van der Waals surface area contributed by atoms with Crippen molar-refractivity contribution in [3.05, 3.63) is 22.6 Å². The molecule has 1 N–H and O–H groups in total. The minimum atomic E-state index is 0.0264. The Labute approximate surface area is 126 Å². The number of nitrogens with zero attached hydrogens (tertiary/aromatic N) is 3. The van der Waals surface area contributed by atoms with Gasteiger partial charge < -0.3 is 10.2 Å². The molecule has 5 nitrogen and oxygen atoms in total. The summed E-state index contributed by atoms with van der Waals surface area (Å²) in [5.74, 6) is 0.798. The summed E-state index contributed by atoms with van der Waals surface area (Å²) >= 11 is 0. The molecule has 116 valence electrons. The van der Waals surface area contributed by atoms with Crippen LogP contribution < -0.4 is 15.8 Å². The third kappa shape index (κ3) is 3.64. The lowest BCUT2D eigenvalue weighted by Crippen LogP contribution is -2.41. The van der Waals surface area contributed by atoms with Crippen molar-refractivity contribution in [2.75, 3.05) is 24.5 Å². The second-order valence-corrected chi connectivity index (χ2v) is 6.55. The summed E-state index contributed by atoms with van der Waals surface area (Å²) in [7, 11) is 0. The van der Waals surface area contributed by atoms with Crippen LogP contribution in [0.3, 0.4) is 0 Å². The number of hydrogen-bond acceptors (Lipinski definition) is 4. The zero-order valence-electron chi connectivity index (χ0n) is 12.9. The second-order valence-electron chi connectivity index (χ2n) is 6.55. The molecule has 2 aliphatic rings. The Morgan fingerprint density at radius 1 is 1.29 bits per heavy atom. The molecule has 1 atom stereocenters. The summed E-state index contributed by atoms with van der Waals surface area (Å²) in [5.41, 5.74) is 1.01. The van der Waals surface area contributed by atoms with Gasteiger partial charge in [-0.25, -0.2) is 4.68 Å². The molecule has 1 aromatic heterocycles. The third-order valence-electron chi connectivity index (χ3n) is 4.81. The van der Waals surface area contributed by atoms with E-state index in [1.54, 1.807) is 10.7 Å². The van der Waals surface area contributed by atoms with Crippen LogP contribution in [0.25, 0.3) is 0 Å². The first-order valence-corrected chi connectivity index (χ1v) is 8.28. The lowest BCUT2D eigenvalue weighted by atomic mass is 9.99. The zero-order chi connectivity index (χ0) is 14.7. The number of nitrogens with one attached hydrogen (secondary N) is 1. The lowest BCUT2D eigenvalue weighted by Gasteiger charge is -2.31. The van der Waals surface area contributed by atoms with Gasteiger partial charge in [0, 0.05) is 25.2 Å². The maximum absolute atomic E-state index is 12.3. The fourth-order valence-electron chi connectivity index (χ4n) is 3.29. The third-order valence-corrected chi connectivity index (χ3v) is 4.81. The average molecular weight is 290 g/mol. The fraction of sp³-hybridized carbons (Fsp3) is 0.750. The summed E-state index contributed by atoms with van der Waals surface area (Å²) in [4.78, 5) is 14.6. The monoisotopic (exact) mass is 290 g/mol. The first-order valence-electron chi connectivity index (χ1n) is 8.28. The van der Waals surface area contributed by atoms with Crippen molar-refractivity contribution in [2.45, 2.75) is 51.6 Å². The molecule has 2 aliphatic heterocycles. The van der Waals surface area contributed by atoms with Gasteiger partial charge >= 0.3 is 0 Å². The van der Waals surface area contributed by atoms with Crippen molar-refractivity contribution in [3.63, 3.8) is 0 Å². The molecular formula is C16H26N4O. The van der Waals surface area contributed by atoms with Gasteiger partial charge in [-0.1, -0.05) is 13.3 Å². The van der Waals surface area contributed by atoms with Crippen LogP contribution in [0.15, 0.2) is 17.1 Å². The largest absolute Gasteiger partial charge is 0.370 e. The predicted octanol–water partition coefficient (Wildman–Crippen LogP) is 1.62. The molecule has 21 heavy (non-hydrogen) atoms. The van der Waals surface area contributed by atoms with Crippen LogP contribution in [-0.4, -0.2) is 35.5 Å². The number of piperidine rings is 2. The molecule has 3 rings (SSSR count). The van der Waals surface area contributed by atoms with Crippen molar-refractivity contribution in [1.82, 2.24) is 15.1 Å². The highest BCUT2D eigenvalue weighted by Crippen LogP contribution is 2.21. The maximum Gasteiger partial charge on any atom is 0.268 e. The Balaban J connectivity index is 1.66. The topological polar surface area (TPSA) is 50.2 Å². The minimum Gasteiger partial charge on any atom is -0.370 e. The molecular weight excluding hydrogens is 264 g/mol. The van der Waals surface area contributed by atoms with Crippen molar-refractivity contribution in [2.24, 2.45) is 5.92 Å². The summed E-state index contributed by atoms with van der Waals surface area (Å²) < 4.78 is 1.61. The molecule has 0 aromatic carbocycles. The number of aromatic nitrogens is 2. The van der Waals surface area contributed by atoms with Gasteiger partial charge in [-0.15, -0.1) is 0 Å². The predicted molar refractivity (Wildman–Crippen MR) is 84.7 cm³/mol. The van der Waals surface area contributed by atoms with E-state index in [2.05, 4.69) is 22.2 Å². The second kappa shape index (κ2) is 6.60. The maximum atomic E-state index is 12.3. The van der Waals surface area contributed by atoms with Crippen molar-refractivity contribution in [3.8, 4) is 0 Å². The van der Waals surface area contributed by atoms with Crippen LogP contribution in [0, 0.1) is 5.92 Å². The van der Waals surface area contributed by atoms with Crippen LogP contribution in [0.5, 0.6) is 0 Å². The molecule has 2 saturated heterocycles. The van der Waals surface area contributed by atoms with Gasteiger partial charge in [0.25, 0.3) is 5.56 Å². The smallest absolute Gasteiger partial charge is 0.268 e. The quantitative estimate of drug-likeness (QED) is 0.919. The lowest BCUT2D eigenvalue weighted by molar-refractivity contribution is 0.345. The van der Waals surface area contributed by atoms with E-state index in [-0.39, 0.29) is 5.56 Å². The van der Waals surface area contributed by atoms with Crippen LogP contribution in [0.1, 0.15) is 39.0 Å². The number of rotatable bonds is 3. The normalized spacial score (nSPS) is 24.2. The fourth-order valence-corrected chi connectivity index (χ4v) is 3.29. The highest BCUT2D eigenvalue weighted by molar-refractivity contribution is 5.43. The molecule has 0 amide bonds. The van der Waals surface area contributed by atoms with Gasteiger partial charge in [0.05, 0.1) is 18.4 Å². The van der Waals surface area contributed by atoms with Gasteiger partial charge in [-0.2, -0.15) is 5.10 Å². The standard InChI is InChI=1S/C16H26N4O/c1-13-5-8-19(9-6-13)15-10-16(21)20(18-11-15)12-14-4-2-3-7-17-14/h10-11,13-14,17H,2-9,12H2,1H3. The van der Waals surface area contributed by atoms with E-state index in [1.165, 1.54) is 25.7 Å². The summed E-state index contributed by atoms with van der Waals surface area (Å²) in [6.45, 7) is 6.12. The summed E-state index contributed by atoms with van der Waals surface area (Å²) in [6, 6.07) is 2.15. The van der Waals surface area contributed by atoms with Gasteiger partial charge in [0.15, 0.2) is 0 Å². The molecule has 5 heteroatoms. The highest BCUT2D eigenvalue weighted by atomic mass is 16.1. The molecule has 0 bridgehead atoms. The first-order chi connectivity index (χ1) is 10.2. The molecule has 1 aromatic rings. The van der Waals surface area contributed by atoms with Crippen molar-refractivity contribution < 1.29 is 0 Å². The SMILES string of the molecule is CC1CCN(c2cnn(CC3CCCCN3)c(=O)c2)CC1. The molecule has 0 saturated carbocycles. The van der Waals surface area contributed by atoms with E-state index < -0.39 is 0 Å². The number of hydrogen-bond donors (Lipinski definition) is 1. The minimum absolute atomic E-state index is 0.0264. The molecule has 0 aliphatic carbocycles. The molecule has 2 fully saturated rings. The van der Waals surface area contributed by atoms with Gasteiger partial charge in [-0.3, -0.25) is 4.79 Å². The summed E-state index contributed by atoms with van der Waals surface area (Å²) in [5, 5.41) is 7.86. The van der Waals surface area contributed by atoms with Crippen LogP contribution in [-0.2, 0) is 6.54 Å². The van der Waals surface area contributed by atoms with E-state index in [9.17, 15) is 4.79 Å². The van der Waals surface area contributed by atoms with E-state index >= 15 is 0 Å². The highest BCUT2D eigenvalue weighted by Gasteiger charge is 2.18. The Bertz CT molecular complexity index is 513. The molecule has 1 unspecified atom stereocenters. The Morgan fingerprint density at radius 3 is 2.76 bits per heavy atom. The number of anilines is 1. The van der Waals surface area contributed by atoms with E-state index in [0.29, 0.717) is 12.6 Å². The first kappa shape index (κ1) is 14.6. The van der Waals surface area contributed by atoms with Crippen molar-refractivity contribution >= 4 is 5.69 Å². The van der Waals surface area contributed by atoms with Gasteiger partial charge in [0.2, 0.25) is 0 Å². The summed E-state index contributed by atoms with van der Waals surface area (Å²) in [6.07, 6.45) is 7.89. The molecule has 0 spiro atoms. The molecule has 3 heterocycles. The Kier molecular flexibility index (Phi) is 4.58. The van der Waals surface area contributed by atoms with E-state index in [1.807, 2.05) is 6.20 Å². The van der Waals surface area contributed by atoms with Crippen molar-refractivity contribution in [1.29, 1.82) is 0 Å². The average Bonchev–Trinajstić information content (AvgIpc) is 2.51. The van der Waals surface area contributed by atoms with Gasteiger partial charge in [0.1, 0.15) is 0 Å². The van der Waals surface area contributed by atoms with Gasteiger partial charge in [-0.05, 0) is 38.1 Å². The Morgan fingerprint density at radius 2 is 2.10 bits per heavy atom. The molecule has 0 radical (unpaired) electrons. The van der Waals surface area contributed by atoms with Crippen LogP contribution in [0.2, 0.25) is 0 Å². The van der Waals surface area contributed by atoms with Crippen LogP contribution >= 0.6 is 0 Å². The Hall–Kier alpha value is -1.36. The van der Waals surface area contributed by atoms with E-state index in [4.69, 9.17) is 0 Å². The zero-order valence-corrected chi connectivity index (χ0v) is 12.9. The van der Waals surface area contributed by atoms with E-state index in [0.717, 1.165) is 37.7 Å².